The van der Waals surface area contributed by atoms with Crippen LogP contribution < -0.4 is 22.5 Å². The summed E-state index contributed by atoms with van der Waals surface area (Å²) in [6, 6.07) is 13.2. The lowest BCUT2D eigenvalue weighted by Crippen LogP contribution is -2.12. The SMILES string of the molecule is C=C(N)/N=C(\C(C#Cc1ccc(N)nc1)=C(\C)N)c1ccc2nc(NC)ccc2c1. The van der Waals surface area contributed by atoms with E-state index in [9.17, 15) is 0 Å². The molecule has 1 aromatic carbocycles. The molecule has 0 aliphatic rings. The Morgan fingerprint density at radius 1 is 1.13 bits per heavy atom. The van der Waals surface area contributed by atoms with Crippen molar-refractivity contribution in [3.05, 3.63) is 83.5 Å². The highest BCUT2D eigenvalue weighted by atomic mass is 15.0. The number of nitrogens with two attached hydrogens (primary N) is 3. The van der Waals surface area contributed by atoms with E-state index in [0.717, 1.165) is 22.3 Å². The van der Waals surface area contributed by atoms with Crippen LogP contribution in [0.2, 0.25) is 0 Å². The van der Waals surface area contributed by atoms with Gasteiger partial charge in [-0.1, -0.05) is 24.5 Å². The first kappa shape index (κ1) is 20.4. The van der Waals surface area contributed by atoms with Crippen molar-refractivity contribution in [2.75, 3.05) is 18.1 Å². The molecule has 150 valence electrons. The van der Waals surface area contributed by atoms with Gasteiger partial charge in [0.05, 0.1) is 16.8 Å². The maximum atomic E-state index is 6.16. The van der Waals surface area contributed by atoms with Crippen molar-refractivity contribution in [3.8, 4) is 11.8 Å². The van der Waals surface area contributed by atoms with Crippen LogP contribution in [0.1, 0.15) is 18.1 Å². The van der Waals surface area contributed by atoms with Crippen molar-refractivity contribution in [1.82, 2.24) is 9.97 Å². The van der Waals surface area contributed by atoms with E-state index in [0.29, 0.717) is 28.4 Å². The number of rotatable bonds is 4. The van der Waals surface area contributed by atoms with Gasteiger partial charge in [-0.3, -0.25) is 0 Å². The van der Waals surface area contributed by atoms with Crippen LogP contribution in [0.3, 0.4) is 0 Å². The molecule has 0 atom stereocenters. The van der Waals surface area contributed by atoms with Crippen molar-refractivity contribution >= 4 is 28.3 Å². The molecule has 2 aromatic heterocycles. The number of aromatic nitrogens is 2. The van der Waals surface area contributed by atoms with E-state index in [2.05, 4.69) is 38.7 Å². The van der Waals surface area contributed by atoms with Gasteiger partial charge in [0.2, 0.25) is 0 Å². The molecule has 7 nitrogen and oxygen atoms in total. The number of nitrogens with one attached hydrogen (secondary N) is 1. The third-order valence-electron chi connectivity index (χ3n) is 4.22. The normalized spacial score (nSPS) is 12.0. The summed E-state index contributed by atoms with van der Waals surface area (Å²) in [7, 11) is 1.83. The van der Waals surface area contributed by atoms with E-state index in [1.165, 1.54) is 0 Å². The van der Waals surface area contributed by atoms with Gasteiger partial charge < -0.3 is 22.5 Å². The van der Waals surface area contributed by atoms with Crippen LogP contribution in [0.5, 0.6) is 0 Å². The Balaban J connectivity index is 2.10. The number of fused-ring (bicyclic) bond motifs is 1. The maximum Gasteiger partial charge on any atom is 0.126 e. The zero-order chi connectivity index (χ0) is 21.7. The van der Waals surface area contributed by atoms with Crippen LogP contribution in [-0.4, -0.2) is 22.7 Å². The molecule has 0 amide bonds. The summed E-state index contributed by atoms with van der Waals surface area (Å²) >= 11 is 0. The zero-order valence-electron chi connectivity index (χ0n) is 16.9. The second-order valence-electron chi connectivity index (χ2n) is 6.59. The highest BCUT2D eigenvalue weighted by Gasteiger charge is 2.12. The predicted octanol–water partition coefficient (Wildman–Crippen LogP) is 2.76. The van der Waals surface area contributed by atoms with Crippen molar-refractivity contribution < 1.29 is 0 Å². The molecule has 0 saturated heterocycles. The number of benzene rings is 1. The Hall–Kier alpha value is -4.31. The molecule has 3 rings (SSSR count). The monoisotopic (exact) mass is 397 g/mol. The van der Waals surface area contributed by atoms with Gasteiger partial charge in [0.15, 0.2) is 0 Å². The number of pyridine rings is 2. The van der Waals surface area contributed by atoms with Gasteiger partial charge in [0.1, 0.15) is 17.5 Å². The van der Waals surface area contributed by atoms with Crippen molar-refractivity contribution in [3.63, 3.8) is 0 Å². The number of allylic oxidation sites excluding steroid dienone is 2. The summed E-state index contributed by atoms with van der Waals surface area (Å²) in [4.78, 5) is 13.0. The number of nitrogen functional groups attached to an aromatic ring is 1. The van der Waals surface area contributed by atoms with Gasteiger partial charge in [-0.2, -0.15) is 0 Å². The van der Waals surface area contributed by atoms with E-state index in [-0.39, 0.29) is 5.82 Å². The molecular formula is C23H23N7. The van der Waals surface area contributed by atoms with Crippen molar-refractivity contribution in [1.29, 1.82) is 0 Å². The third-order valence-corrected chi connectivity index (χ3v) is 4.22. The molecule has 0 aliphatic heterocycles. The largest absolute Gasteiger partial charge is 0.401 e. The number of anilines is 2. The molecule has 0 fully saturated rings. The first-order chi connectivity index (χ1) is 14.4. The number of nitrogens with zero attached hydrogens (tertiary/aromatic N) is 3. The smallest absolute Gasteiger partial charge is 0.126 e. The minimum absolute atomic E-state index is 0.156. The fourth-order valence-corrected chi connectivity index (χ4v) is 2.78. The van der Waals surface area contributed by atoms with Crippen LogP contribution in [0, 0.1) is 11.8 Å². The van der Waals surface area contributed by atoms with Crippen LogP contribution >= 0.6 is 0 Å². The average molecular weight is 397 g/mol. The van der Waals surface area contributed by atoms with Gasteiger partial charge in [-0.25, -0.2) is 15.0 Å². The van der Waals surface area contributed by atoms with Crippen LogP contribution in [-0.2, 0) is 0 Å². The minimum atomic E-state index is 0.156. The standard InChI is InChI=1S/C23H23N7/c1-14(24)19(8-4-16-5-10-21(26)28-13-16)23(29-15(2)25)18-6-9-20-17(12-18)7-11-22(27-3)30-20/h5-7,9-13H,2,24-25H2,1,3H3,(H2,26,28)(H,27,30)/b19-14-,29-23-. The summed E-state index contributed by atoms with van der Waals surface area (Å²) in [5.41, 5.74) is 21.6. The van der Waals surface area contributed by atoms with Crippen molar-refractivity contribution in [2.45, 2.75) is 6.92 Å². The molecule has 0 aliphatic carbocycles. The van der Waals surface area contributed by atoms with Gasteiger partial charge in [-0.05, 0) is 43.3 Å². The summed E-state index contributed by atoms with van der Waals surface area (Å²) < 4.78 is 0. The Morgan fingerprint density at radius 3 is 2.57 bits per heavy atom. The molecule has 30 heavy (non-hydrogen) atoms. The Kier molecular flexibility index (Phi) is 5.99. The lowest BCUT2D eigenvalue weighted by Gasteiger charge is -2.10. The van der Waals surface area contributed by atoms with E-state index < -0.39 is 0 Å². The van der Waals surface area contributed by atoms with Gasteiger partial charge in [0, 0.05) is 35.5 Å². The summed E-state index contributed by atoms with van der Waals surface area (Å²) in [5.74, 6) is 7.53. The van der Waals surface area contributed by atoms with E-state index >= 15 is 0 Å². The zero-order valence-corrected chi connectivity index (χ0v) is 16.9. The second kappa shape index (κ2) is 8.80. The molecule has 2 heterocycles. The fraction of sp³-hybridized carbons (Fsp3) is 0.0870. The topological polar surface area (TPSA) is 128 Å². The lowest BCUT2D eigenvalue weighted by molar-refractivity contribution is 1.24. The number of hydrogen-bond donors (Lipinski definition) is 4. The molecule has 3 aromatic rings. The maximum absolute atomic E-state index is 6.16. The van der Waals surface area contributed by atoms with Gasteiger partial charge >= 0.3 is 0 Å². The van der Waals surface area contributed by atoms with E-state index in [1.54, 1.807) is 25.3 Å². The van der Waals surface area contributed by atoms with Crippen molar-refractivity contribution in [2.24, 2.45) is 16.5 Å². The highest BCUT2D eigenvalue weighted by Crippen LogP contribution is 2.20. The fourth-order valence-electron chi connectivity index (χ4n) is 2.78. The lowest BCUT2D eigenvalue weighted by atomic mass is 9.99. The minimum Gasteiger partial charge on any atom is -0.401 e. The molecule has 7 N–H and O–H groups in total. The van der Waals surface area contributed by atoms with Crippen LogP contribution in [0.15, 0.2) is 77.3 Å². The molecule has 0 spiro atoms. The number of hydrogen-bond acceptors (Lipinski definition) is 7. The quantitative estimate of drug-likeness (QED) is 0.396. The third kappa shape index (κ3) is 4.75. The summed E-state index contributed by atoms with van der Waals surface area (Å²) in [5, 5.41) is 3.98. The molecule has 0 saturated carbocycles. The Labute approximate surface area is 175 Å². The Bertz CT molecular complexity index is 1220. The first-order valence-electron chi connectivity index (χ1n) is 9.19. The number of aliphatic imine (C=N–C) groups is 1. The van der Waals surface area contributed by atoms with Crippen LogP contribution in [0.25, 0.3) is 10.9 Å². The molecular weight excluding hydrogens is 374 g/mol. The van der Waals surface area contributed by atoms with Crippen LogP contribution in [0.4, 0.5) is 11.6 Å². The van der Waals surface area contributed by atoms with E-state index in [1.807, 2.05) is 37.4 Å². The summed E-state index contributed by atoms with van der Waals surface area (Å²) in [6.45, 7) is 5.48. The molecule has 0 radical (unpaired) electrons. The molecule has 0 bridgehead atoms. The Morgan fingerprint density at radius 2 is 1.93 bits per heavy atom. The predicted molar refractivity (Wildman–Crippen MR) is 124 cm³/mol. The second-order valence-corrected chi connectivity index (χ2v) is 6.59. The first-order valence-corrected chi connectivity index (χ1v) is 9.19. The molecule has 0 unspecified atom stereocenters. The summed E-state index contributed by atoms with van der Waals surface area (Å²) in [6.07, 6.45) is 1.60. The van der Waals surface area contributed by atoms with Gasteiger partial charge in [0.25, 0.3) is 0 Å². The van der Waals surface area contributed by atoms with E-state index in [4.69, 9.17) is 17.2 Å². The highest BCUT2D eigenvalue weighted by molar-refractivity contribution is 6.17. The van der Waals surface area contributed by atoms with Gasteiger partial charge in [-0.15, -0.1) is 0 Å². The molecule has 7 heteroatoms. The average Bonchev–Trinajstić information content (AvgIpc) is 2.73.